The quantitative estimate of drug-likeness (QED) is 0.773. The number of likely N-dealkylation sites (N-methyl/N-ethyl adjacent to an activating group) is 1. The average Bonchev–Trinajstić information content (AvgIpc) is 2.45. The first-order valence-electron chi connectivity index (χ1n) is 8.20. The van der Waals surface area contributed by atoms with Crippen LogP contribution >= 0.6 is 0 Å². The second kappa shape index (κ2) is 4.93. The summed E-state index contributed by atoms with van der Waals surface area (Å²) in [6.45, 7) is 9.75. The van der Waals surface area contributed by atoms with Crippen molar-refractivity contribution in [3.8, 4) is 0 Å². The monoisotopic (exact) mass is 295 g/mol. The first-order chi connectivity index (χ1) is 9.80. The molecule has 2 aliphatic heterocycles. The second-order valence-electron chi connectivity index (χ2n) is 7.74. The van der Waals surface area contributed by atoms with Gasteiger partial charge in [0.05, 0.1) is 6.10 Å². The second-order valence-corrected chi connectivity index (χ2v) is 7.74. The van der Waals surface area contributed by atoms with Gasteiger partial charge in [-0.05, 0) is 26.8 Å². The van der Waals surface area contributed by atoms with E-state index in [9.17, 15) is 4.79 Å². The number of carbonyl (C=O) groups excluding carboxylic acids is 1. The minimum atomic E-state index is -0.762. The molecule has 0 bridgehead atoms. The minimum Gasteiger partial charge on any atom is -0.377 e. The zero-order chi connectivity index (χ0) is 15.4. The van der Waals surface area contributed by atoms with E-state index in [2.05, 4.69) is 32.7 Å². The molecule has 5 heteroatoms. The summed E-state index contributed by atoms with van der Waals surface area (Å²) in [7, 11) is 2.11. The third-order valence-electron chi connectivity index (χ3n) is 6.13. The Bertz CT molecular complexity index is 439. The van der Waals surface area contributed by atoms with E-state index in [1.165, 1.54) is 0 Å². The van der Waals surface area contributed by atoms with Gasteiger partial charge in [-0.2, -0.15) is 0 Å². The first-order valence-corrected chi connectivity index (χ1v) is 8.20. The fourth-order valence-electron chi connectivity index (χ4n) is 4.69. The highest BCUT2D eigenvalue weighted by Crippen LogP contribution is 2.58. The van der Waals surface area contributed by atoms with Crippen LogP contribution < -0.4 is 5.73 Å². The van der Waals surface area contributed by atoms with Crippen molar-refractivity contribution >= 4 is 5.91 Å². The third-order valence-corrected chi connectivity index (χ3v) is 6.13. The fourth-order valence-corrected chi connectivity index (χ4v) is 4.69. The SMILES string of the molecule is CC1CN(C)CCN1C(=O)C1(N)C2CCCOC2C1(C)C. The van der Waals surface area contributed by atoms with Crippen molar-refractivity contribution in [1.29, 1.82) is 0 Å². The van der Waals surface area contributed by atoms with Crippen LogP contribution in [0.1, 0.15) is 33.6 Å². The van der Waals surface area contributed by atoms with Gasteiger partial charge in [-0.1, -0.05) is 13.8 Å². The number of rotatable bonds is 1. The highest BCUT2D eigenvalue weighted by Gasteiger charge is 2.71. The molecule has 0 radical (unpaired) electrons. The normalized spacial score (nSPS) is 43.1. The molecule has 1 aliphatic carbocycles. The van der Waals surface area contributed by atoms with Crippen LogP contribution in [0.2, 0.25) is 0 Å². The molecule has 21 heavy (non-hydrogen) atoms. The van der Waals surface area contributed by atoms with Gasteiger partial charge in [0.15, 0.2) is 0 Å². The molecule has 3 fully saturated rings. The average molecular weight is 295 g/mol. The largest absolute Gasteiger partial charge is 0.377 e. The van der Waals surface area contributed by atoms with E-state index in [0.29, 0.717) is 0 Å². The number of nitrogens with two attached hydrogens (primary N) is 1. The summed E-state index contributed by atoms with van der Waals surface area (Å²) < 4.78 is 5.91. The molecule has 1 saturated carbocycles. The zero-order valence-electron chi connectivity index (χ0n) is 13.8. The standard InChI is InChI=1S/C16H29N3O2/c1-11-10-18(4)7-8-19(11)14(20)16(17)12-6-5-9-21-13(12)15(16,2)3/h11-13H,5-10,17H2,1-4H3. The number of ether oxygens (including phenoxy) is 1. The van der Waals surface area contributed by atoms with Gasteiger partial charge in [-0.15, -0.1) is 0 Å². The molecule has 1 amide bonds. The molecule has 4 atom stereocenters. The Balaban J connectivity index is 1.83. The summed E-state index contributed by atoms with van der Waals surface area (Å²) in [5.74, 6) is 0.320. The zero-order valence-corrected chi connectivity index (χ0v) is 13.8. The number of carbonyl (C=O) groups is 1. The van der Waals surface area contributed by atoms with Crippen molar-refractivity contribution in [1.82, 2.24) is 9.80 Å². The summed E-state index contributed by atoms with van der Waals surface area (Å²) in [5, 5.41) is 0. The van der Waals surface area contributed by atoms with Crippen LogP contribution in [-0.2, 0) is 9.53 Å². The van der Waals surface area contributed by atoms with Crippen LogP contribution in [0.4, 0.5) is 0 Å². The van der Waals surface area contributed by atoms with Gasteiger partial charge < -0.3 is 20.3 Å². The summed E-state index contributed by atoms with van der Waals surface area (Å²) in [4.78, 5) is 17.5. The topological polar surface area (TPSA) is 58.8 Å². The van der Waals surface area contributed by atoms with E-state index >= 15 is 0 Å². The molecule has 4 unspecified atom stereocenters. The Kier molecular flexibility index (Phi) is 3.58. The number of hydrogen-bond donors (Lipinski definition) is 1. The Morgan fingerprint density at radius 3 is 2.71 bits per heavy atom. The van der Waals surface area contributed by atoms with Gasteiger partial charge in [0.1, 0.15) is 5.54 Å². The Morgan fingerprint density at radius 2 is 2.05 bits per heavy atom. The number of hydrogen-bond acceptors (Lipinski definition) is 4. The van der Waals surface area contributed by atoms with Gasteiger partial charge in [0, 0.05) is 43.6 Å². The van der Waals surface area contributed by atoms with Crippen molar-refractivity contribution in [2.45, 2.75) is 51.3 Å². The van der Waals surface area contributed by atoms with Crippen molar-refractivity contribution in [2.24, 2.45) is 17.1 Å². The lowest BCUT2D eigenvalue weighted by atomic mass is 9.46. The van der Waals surface area contributed by atoms with E-state index in [1.807, 2.05) is 4.90 Å². The lowest BCUT2D eigenvalue weighted by Crippen LogP contribution is -2.83. The van der Waals surface area contributed by atoms with Crippen LogP contribution in [-0.4, -0.2) is 66.7 Å². The number of piperazine rings is 1. The van der Waals surface area contributed by atoms with Crippen LogP contribution in [0.5, 0.6) is 0 Å². The molecule has 0 aromatic carbocycles. The Hall–Kier alpha value is -0.650. The maximum absolute atomic E-state index is 13.2. The summed E-state index contributed by atoms with van der Waals surface area (Å²) in [5.41, 5.74) is 5.68. The van der Waals surface area contributed by atoms with E-state index in [4.69, 9.17) is 10.5 Å². The van der Waals surface area contributed by atoms with Gasteiger partial charge in [0.25, 0.3) is 0 Å². The summed E-state index contributed by atoms with van der Waals surface area (Å²) in [6, 6.07) is 0.232. The third kappa shape index (κ3) is 1.97. The fraction of sp³-hybridized carbons (Fsp3) is 0.938. The molecule has 2 N–H and O–H groups in total. The Labute approximate surface area is 127 Å². The number of nitrogens with zero attached hydrogens (tertiary/aromatic N) is 2. The summed E-state index contributed by atoms with van der Waals surface area (Å²) in [6.07, 6.45) is 2.17. The van der Waals surface area contributed by atoms with E-state index in [0.717, 1.165) is 39.1 Å². The van der Waals surface area contributed by atoms with E-state index < -0.39 is 5.54 Å². The van der Waals surface area contributed by atoms with Crippen molar-refractivity contribution in [2.75, 3.05) is 33.3 Å². The number of fused-ring (bicyclic) bond motifs is 1. The van der Waals surface area contributed by atoms with E-state index in [1.54, 1.807) is 0 Å². The van der Waals surface area contributed by atoms with Gasteiger partial charge >= 0.3 is 0 Å². The van der Waals surface area contributed by atoms with Gasteiger partial charge in [-0.25, -0.2) is 0 Å². The van der Waals surface area contributed by atoms with Crippen LogP contribution in [0.3, 0.4) is 0 Å². The molecule has 5 nitrogen and oxygen atoms in total. The Morgan fingerprint density at radius 1 is 1.33 bits per heavy atom. The molecule has 120 valence electrons. The lowest BCUT2D eigenvalue weighted by Gasteiger charge is -2.66. The molecule has 0 aromatic heterocycles. The maximum Gasteiger partial charge on any atom is 0.244 e. The molecule has 3 rings (SSSR count). The predicted molar refractivity (Wildman–Crippen MR) is 81.8 cm³/mol. The molecular formula is C16H29N3O2. The maximum atomic E-state index is 13.2. The molecular weight excluding hydrogens is 266 g/mol. The number of amides is 1. The van der Waals surface area contributed by atoms with Crippen molar-refractivity contribution in [3.63, 3.8) is 0 Å². The molecule has 0 spiro atoms. The van der Waals surface area contributed by atoms with Gasteiger partial charge in [-0.3, -0.25) is 4.79 Å². The van der Waals surface area contributed by atoms with Crippen molar-refractivity contribution < 1.29 is 9.53 Å². The van der Waals surface area contributed by atoms with Crippen LogP contribution in [0, 0.1) is 11.3 Å². The molecule has 3 aliphatic rings. The highest BCUT2D eigenvalue weighted by molar-refractivity contribution is 5.90. The van der Waals surface area contributed by atoms with E-state index in [-0.39, 0.29) is 29.4 Å². The first kappa shape index (κ1) is 15.3. The van der Waals surface area contributed by atoms with Crippen LogP contribution in [0.15, 0.2) is 0 Å². The summed E-state index contributed by atoms with van der Waals surface area (Å²) >= 11 is 0. The highest BCUT2D eigenvalue weighted by atomic mass is 16.5. The molecule has 2 saturated heterocycles. The van der Waals surface area contributed by atoms with Crippen LogP contribution in [0.25, 0.3) is 0 Å². The lowest BCUT2D eigenvalue weighted by molar-refractivity contribution is -0.231. The predicted octanol–water partition coefficient (Wildman–Crippen LogP) is 0.681. The smallest absolute Gasteiger partial charge is 0.244 e. The van der Waals surface area contributed by atoms with Crippen molar-refractivity contribution in [3.05, 3.63) is 0 Å². The molecule has 2 heterocycles. The minimum absolute atomic E-state index is 0.139. The van der Waals surface area contributed by atoms with Gasteiger partial charge in [0.2, 0.25) is 5.91 Å². The molecule has 0 aromatic rings.